The molecule has 1 aliphatic rings. The average molecular weight is 499 g/mol. The fourth-order valence-corrected chi connectivity index (χ4v) is 4.53. The molecule has 2 aromatic heterocycles. The van der Waals surface area contributed by atoms with Crippen LogP contribution in [0.25, 0.3) is 5.65 Å². The molecule has 0 bridgehead atoms. The van der Waals surface area contributed by atoms with Crippen molar-refractivity contribution in [3.8, 4) is 11.5 Å². The van der Waals surface area contributed by atoms with E-state index in [1.807, 2.05) is 18.2 Å². The van der Waals surface area contributed by atoms with Gasteiger partial charge in [-0.05, 0) is 56.5 Å². The van der Waals surface area contributed by atoms with Crippen molar-refractivity contribution in [3.63, 3.8) is 0 Å². The maximum Gasteiger partial charge on any atom is 0.433 e. The molecule has 2 atom stereocenters. The summed E-state index contributed by atoms with van der Waals surface area (Å²) in [6.45, 7) is 5.58. The average Bonchev–Trinajstić information content (AvgIpc) is 3.44. The van der Waals surface area contributed by atoms with Gasteiger partial charge >= 0.3 is 6.18 Å². The van der Waals surface area contributed by atoms with E-state index in [1.165, 1.54) is 0 Å². The number of methoxy groups -OCH3 is 2. The number of hydrogen-bond donors (Lipinski definition) is 0. The van der Waals surface area contributed by atoms with Crippen molar-refractivity contribution in [3.05, 3.63) is 53.0 Å². The predicted molar refractivity (Wildman–Crippen MR) is 126 cm³/mol. The van der Waals surface area contributed by atoms with Gasteiger partial charge in [0.2, 0.25) is 0 Å². The second-order valence-electron chi connectivity index (χ2n) is 8.55. The van der Waals surface area contributed by atoms with E-state index in [2.05, 4.69) is 21.9 Å². The lowest BCUT2D eigenvalue weighted by Gasteiger charge is -2.24. The molecule has 1 fully saturated rings. The number of fused-ring (bicyclic) bond motifs is 1. The molecule has 3 heterocycles. The van der Waals surface area contributed by atoms with E-state index in [0.717, 1.165) is 42.1 Å². The zero-order chi connectivity index (χ0) is 23.8. The molecule has 10 heteroatoms. The topological polar surface area (TPSA) is 51.9 Å². The van der Waals surface area contributed by atoms with Crippen molar-refractivity contribution >= 4 is 18.1 Å². The van der Waals surface area contributed by atoms with Crippen LogP contribution in [0.5, 0.6) is 11.5 Å². The number of aromatic nitrogens is 3. The fourth-order valence-electron chi connectivity index (χ4n) is 4.53. The van der Waals surface area contributed by atoms with Gasteiger partial charge in [0.25, 0.3) is 0 Å². The Kier molecular flexibility index (Phi) is 7.98. The van der Waals surface area contributed by atoms with Crippen LogP contribution in [-0.4, -0.2) is 52.8 Å². The van der Waals surface area contributed by atoms with E-state index in [-0.39, 0.29) is 30.0 Å². The molecule has 0 spiro atoms. The van der Waals surface area contributed by atoms with Crippen molar-refractivity contribution in [1.29, 1.82) is 0 Å². The molecule has 0 aliphatic carbocycles. The monoisotopic (exact) mass is 498 g/mol. The van der Waals surface area contributed by atoms with Crippen molar-refractivity contribution in [2.24, 2.45) is 0 Å². The van der Waals surface area contributed by atoms with E-state index in [0.29, 0.717) is 29.3 Å². The summed E-state index contributed by atoms with van der Waals surface area (Å²) < 4.78 is 52.4. The zero-order valence-electron chi connectivity index (χ0n) is 19.7. The smallest absolute Gasteiger partial charge is 0.433 e. The quantitative estimate of drug-likeness (QED) is 0.450. The number of likely N-dealkylation sites (tertiary alicyclic amines) is 1. The fraction of sp³-hybridized carbons (Fsp3) is 0.500. The van der Waals surface area contributed by atoms with Gasteiger partial charge in [0.05, 0.1) is 19.9 Å². The summed E-state index contributed by atoms with van der Waals surface area (Å²) in [5, 5.41) is 4.33. The summed E-state index contributed by atoms with van der Waals surface area (Å²) in [4.78, 5) is 6.73. The third kappa shape index (κ3) is 5.25. The second-order valence-corrected chi connectivity index (χ2v) is 8.55. The molecule has 0 amide bonds. The summed E-state index contributed by atoms with van der Waals surface area (Å²) >= 11 is 0. The molecule has 4 rings (SSSR count). The molecular weight excluding hydrogens is 469 g/mol. The first-order valence-corrected chi connectivity index (χ1v) is 11.1. The van der Waals surface area contributed by atoms with Crippen LogP contribution in [0.1, 0.15) is 48.8 Å². The van der Waals surface area contributed by atoms with Crippen LogP contribution in [0.15, 0.2) is 30.3 Å². The molecule has 1 aromatic carbocycles. The Balaban J connectivity index is 0.00000324. The van der Waals surface area contributed by atoms with Crippen LogP contribution in [0, 0.1) is 0 Å². The largest absolute Gasteiger partial charge is 0.493 e. The van der Waals surface area contributed by atoms with Gasteiger partial charge in [0.15, 0.2) is 17.1 Å². The SMILES string of the molecule is CCc1cc(C(F)(F)F)n2nc(C3CCN(C(C)Cc4ccc(OC)c(OC)c4)C3)cc2n1.Cl. The Morgan fingerprint density at radius 2 is 1.85 bits per heavy atom. The van der Waals surface area contributed by atoms with Gasteiger partial charge in [0.1, 0.15) is 5.69 Å². The molecule has 186 valence electrons. The van der Waals surface area contributed by atoms with Gasteiger partial charge in [-0.2, -0.15) is 18.3 Å². The number of aryl methyl sites for hydroxylation is 1. The molecule has 2 unspecified atom stereocenters. The molecule has 0 saturated carbocycles. The van der Waals surface area contributed by atoms with Crippen LogP contribution < -0.4 is 9.47 Å². The summed E-state index contributed by atoms with van der Waals surface area (Å²) in [6, 6.07) is 8.99. The Morgan fingerprint density at radius 1 is 1.12 bits per heavy atom. The van der Waals surface area contributed by atoms with Crippen molar-refractivity contribution in [2.45, 2.75) is 51.2 Å². The van der Waals surface area contributed by atoms with Gasteiger partial charge in [0, 0.05) is 30.3 Å². The van der Waals surface area contributed by atoms with Gasteiger partial charge < -0.3 is 9.47 Å². The van der Waals surface area contributed by atoms with Crippen LogP contribution in [0.4, 0.5) is 13.2 Å². The Morgan fingerprint density at radius 3 is 2.50 bits per heavy atom. The van der Waals surface area contributed by atoms with Crippen molar-refractivity contribution in [2.75, 3.05) is 27.3 Å². The molecular formula is C24H30ClF3N4O2. The zero-order valence-corrected chi connectivity index (χ0v) is 20.5. The first-order chi connectivity index (χ1) is 15.7. The third-order valence-electron chi connectivity index (χ3n) is 6.39. The van der Waals surface area contributed by atoms with E-state index in [1.54, 1.807) is 27.2 Å². The molecule has 1 aliphatic heterocycles. The number of ether oxygens (including phenoxy) is 2. The molecule has 6 nitrogen and oxygen atoms in total. The number of hydrogen-bond acceptors (Lipinski definition) is 5. The number of halogens is 4. The lowest BCUT2D eigenvalue weighted by molar-refractivity contribution is -0.142. The highest BCUT2D eigenvalue weighted by molar-refractivity contribution is 5.85. The molecule has 0 N–H and O–H groups in total. The highest BCUT2D eigenvalue weighted by atomic mass is 35.5. The number of alkyl halides is 3. The van der Waals surface area contributed by atoms with Crippen LogP contribution in [0.2, 0.25) is 0 Å². The van der Waals surface area contributed by atoms with Gasteiger partial charge in [-0.1, -0.05) is 13.0 Å². The summed E-state index contributed by atoms with van der Waals surface area (Å²) in [5.41, 5.74) is 1.71. The second kappa shape index (κ2) is 10.4. The van der Waals surface area contributed by atoms with E-state index < -0.39 is 11.9 Å². The number of rotatable bonds is 7. The number of nitrogens with zero attached hydrogens (tertiary/aromatic N) is 4. The minimum absolute atomic E-state index is 0. The van der Waals surface area contributed by atoms with Gasteiger partial charge in [-0.15, -0.1) is 12.4 Å². The summed E-state index contributed by atoms with van der Waals surface area (Å²) in [6.07, 6.45) is -2.37. The lowest BCUT2D eigenvalue weighted by atomic mass is 10.0. The highest BCUT2D eigenvalue weighted by Crippen LogP contribution is 2.34. The summed E-state index contributed by atoms with van der Waals surface area (Å²) in [5.74, 6) is 1.47. The minimum Gasteiger partial charge on any atom is -0.493 e. The predicted octanol–water partition coefficient (Wildman–Crippen LogP) is 5.17. The molecule has 3 aromatic rings. The normalized spacial score (nSPS) is 17.6. The van der Waals surface area contributed by atoms with E-state index >= 15 is 0 Å². The number of benzene rings is 1. The molecule has 0 radical (unpaired) electrons. The highest BCUT2D eigenvalue weighted by Gasteiger charge is 2.36. The Labute approximate surface area is 203 Å². The van der Waals surface area contributed by atoms with E-state index in [4.69, 9.17) is 9.47 Å². The van der Waals surface area contributed by atoms with Gasteiger partial charge in [-0.25, -0.2) is 9.50 Å². The Hall–Kier alpha value is -2.52. The van der Waals surface area contributed by atoms with Crippen molar-refractivity contribution < 1.29 is 22.6 Å². The third-order valence-corrected chi connectivity index (χ3v) is 6.39. The maximum atomic E-state index is 13.6. The standard InChI is InChI=1S/C24H29F3N4O2.ClH/c1-5-18-12-22(24(25,26)27)31-23(28-18)13-19(29-31)17-8-9-30(14-17)15(2)10-16-6-7-20(32-3)21(11-16)33-4;/h6-7,11-13,15,17H,5,8-10,14H2,1-4H3;1H. The first-order valence-electron chi connectivity index (χ1n) is 11.1. The minimum atomic E-state index is -4.48. The maximum absolute atomic E-state index is 13.6. The lowest BCUT2D eigenvalue weighted by Crippen LogP contribution is -2.32. The molecule has 1 saturated heterocycles. The van der Waals surface area contributed by atoms with Crippen LogP contribution >= 0.6 is 12.4 Å². The first kappa shape index (κ1) is 26.1. The van der Waals surface area contributed by atoms with Crippen LogP contribution in [0.3, 0.4) is 0 Å². The molecule has 34 heavy (non-hydrogen) atoms. The Bertz CT molecular complexity index is 1140. The van der Waals surface area contributed by atoms with Gasteiger partial charge in [-0.3, -0.25) is 4.90 Å². The summed E-state index contributed by atoms with van der Waals surface area (Å²) in [7, 11) is 3.23. The van der Waals surface area contributed by atoms with Crippen LogP contribution in [-0.2, 0) is 19.0 Å². The van der Waals surface area contributed by atoms with Crippen molar-refractivity contribution in [1.82, 2.24) is 19.5 Å². The van der Waals surface area contributed by atoms with E-state index in [9.17, 15) is 13.2 Å².